The first-order valence-electron chi connectivity index (χ1n) is 4.88. The Morgan fingerprint density at radius 1 is 1.31 bits per heavy atom. The third-order valence-corrected chi connectivity index (χ3v) is 2.64. The second kappa shape index (κ2) is 4.43. The van der Waals surface area contributed by atoms with E-state index in [-0.39, 0.29) is 6.10 Å². The van der Waals surface area contributed by atoms with E-state index < -0.39 is 0 Å². The van der Waals surface area contributed by atoms with Crippen molar-refractivity contribution in [2.45, 2.75) is 39.7 Å². The largest absolute Gasteiger partial charge is 0.393 e. The summed E-state index contributed by atoms with van der Waals surface area (Å²) in [6, 6.07) is 6.26. The molecule has 13 heavy (non-hydrogen) atoms. The van der Waals surface area contributed by atoms with Gasteiger partial charge in [0.25, 0.3) is 0 Å². The van der Waals surface area contributed by atoms with Gasteiger partial charge in [-0.1, -0.05) is 25.1 Å². The topological polar surface area (TPSA) is 20.2 Å². The Labute approximate surface area is 80.4 Å². The lowest BCUT2D eigenvalue weighted by Gasteiger charge is -2.11. The zero-order valence-electron chi connectivity index (χ0n) is 8.67. The van der Waals surface area contributed by atoms with Crippen LogP contribution in [0.25, 0.3) is 0 Å². The molecule has 0 aliphatic carbocycles. The molecule has 1 nitrogen and oxygen atoms in total. The third kappa shape index (κ3) is 2.56. The fourth-order valence-corrected chi connectivity index (χ4v) is 1.43. The molecule has 0 amide bonds. The Morgan fingerprint density at radius 3 is 2.62 bits per heavy atom. The number of hydrogen-bond acceptors (Lipinski definition) is 1. The predicted molar refractivity (Wildman–Crippen MR) is 55.9 cm³/mol. The summed E-state index contributed by atoms with van der Waals surface area (Å²) >= 11 is 0. The Kier molecular flexibility index (Phi) is 3.49. The number of rotatable bonds is 3. The first-order valence-corrected chi connectivity index (χ1v) is 4.88. The number of benzene rings is 1. The summed E-state index contributed by atoms with van der Waals surface area (Å²) in [6.45, 7) is 6.24. The molecule has 1 aromatic rings. The molecule has 0 spiro atoms. The van der Waals surface area contributed by atoms with Crippen LogP contribution in [0.5, 0.6) is 0 Å². The van der Waals surface area contributed by atoms with Gasteiger partial charge in [0.2, 0.25) is 0 Å². The van der Waals surface area contributed by atoms with Gasteiger partial charge in [0.1, 0.15) is 0 Å². The zero-order valence-corrected chi connectivity index (χ0v) is 8.67. The van der Waals surface area contributed by atoms with Gasteiger partial charge >= 0.3 is 0 Å². The van der Waals surface area contributed by atoms with Crippen LogP contribution < -0.4 is 0 Å². The Morgan fingerprint density at radius 2 is 2.00 bits per heavy atom. The van der Waals surface area contributed by atoms with Crippen LogP contribution in [0, 0.1) is 13.8 Å². The molecule has 0 aliphatic heterocycles. The molecule has 0 fully saturated rings. The molecule has 1 N–H and O–H groups in total. The van der Waals surface area contributed by atoms with E-state index in [9.17, 15) is 5.11 Å². The van der Waals surface area contributed by atoms with Gasteiger partial charge in [-0.3, -0.25) is 0 Å². The van der Waals surface area contributed by atoms with Crippen molar-refractivity contribution in [1.29, 1.82) is 0 Å². The fraction of sp³-hybridized carbons (Fsp3) is 0.500. The summed E-state index contributed by atoms with van der Waals surface area (Å²) in [7, 11) is 0. The molecule has 0 radical (unpaired) electrons. The van der Waals surface area contributed by atoms with Gasteiger partial charge < -0.3 is 5.11 Å². The first-order chi connectivity index (χ1) is 6.15. The van der Waals surface area contributed by atoms with Gasteiger partial charge in [-0.25, -0.2) is 0 Å². The third-order valence-electron chi connectivity index (χ3n) is 2.64. The van der Waals surface area contributed by atoms with Crippen molar-refractivity contribution in [3.63, 3.8) is 0 Å². The minimum Gasteiger partial charge on any atom is -0.393 e. The number of hydrogen-bond donors (Lipinski definition) is 1. The van der Waals surface area contributed by atoms with E-state index in [0.717, 1.165) is 12.8 Å². The molecular formula is C12H18O. The second-order valence-corrected chi connectivity index (χ2v) is 3.63. The quantitative estimate of drug-likeness (QED) is 0.754. The molecule has 0 bridgehead atoms. The predicted octanol–water partition coefficient (Wildman–Crippen LogP) is 2.62. The molecule has 1 rings (SSSR count). The highest BCUT2D eigenvalue weighted by atomic mass is 16.3. The zero-order chi connectivity index (χ0) is 9.84. The van der Waals surface area contributed by atoms with E-state index in [1.54, 1.807) is 0 Å². The monoisotopic (exact) mass is 178 g/mol. The number of aliphatic hydroxyl groups is 1. The summed E-state index contributed by atoms with van der Waals surface area (Å²) in [5.41, 5.74) is 3.89. The van der Waals surface area contributed by atoms with Crippen LogP contribution >= 0.6 is 0 Å². The molecule has 0 aromatic heterocycles. The lowest BCUT2D eigenvalue weighted by molar-refractivity contribution is 0.170. The Balaban J connectivity index is 2.83. The maximum absolute atomic E-state index is 9.53. The van der Waals surface area contributed by atoms with Crippen LogP contribution in [0.3, 0.4) is 0 Å². The van der Waals surface area contributed by atoms with Crippen molar-refractivity contribution in [1.82, 2.24) is 0 Å². The Hall–Kier alpha value is -0.820. The number of aryl methyl sites for hydroxylation is 1. The van der Waals surface area contributed by atoms with E-state index in [4.69, 9.17) is 0 Å². The molecule has 1 heteroatoms. The van der Waals surface area contributed by atoms with Crippen molar-refractivity contribution in [2.75, 3.05) is 0 Å². The van der Waals surface area contributed by atoms with Crippen LogP contribution in [0.15, 0.2) is 18.2 Å². The minimum absolute atomic E-state index is 0.194. The highest BCUT2D eigenvalue weighted by Gasteiger charge is 2.05. The van der Waals surface area contributed by atoms with Gasteiger partial charge in [0.15, 0.2) is 0 Å². The minimum atomic E-state index is -0.194. The van der Waals surface area contributed by atoms with Crippen LogP contribution in [0.4, 0.5) is 0 Å². The molecule has 1 atom stereocenters. The summed E-state index contributed by atoms with van der Waals surface area (Å²) in [6.07, 6.45) is 1.41. The lowest BCUT2D eigenvalue weighted by Crippen LogP contribution is -2.09. The fourth-order valence-electron chi connectivity index (χ4n) is 1.43. The smallest absolute Gasteiger partial charge is 0.0578 e. The molecule has 0 saturated carbocycles. The SMILES string of the molecule is CC[C@@H](O)Cc1cccc(C)c1C. The number of aliphatic hydroxyl groups excluding tert-OH is 1. The summed E-state index contributed by atoms with van der Waals surface area (Å²) in [5, 5.41) is 9.53. The molecule has 0 aliphatic rings. The lowest BCUT2D eigenvalue weighted by atomic mass is 9.98. The summed E-state index contributed by atoms with van der Waals surface area (Å²) < 4.78 is 0. The van der Waals surface area contributed by atoms with Gasteiger partial charge in [0, 0.05) is 0 Å². The molecular weight excluding hydrogens is 160 g/mol. The van der Waals surface area contributed by atoms with Gasteiger partial charge in [0.05, 0.1) is 6.10 Å². The van der Waals surface area contributed by atoms with Crippen molar-refractivity contribution in [2.24, 2.45) is 0 Å². The first kappa shape index (κ1) is 10.3. The van der Waals surface area contributed by atoms with Crippen molar-refractivity contribution < 1.29 is 5.11 Å². The summed E-state index contributed by atoms with van der Waals surface area (Å²) in [5.74, 6) is 0. The normalized spacial score (nSPS) is 12.9. The highest BCUT2D eigenvalue weighted by Crippen LogP contribution is 2.15. The van der Waals surface area contributed by atoms with Gasteiger partial charge in [-0.05, 0) is 43.4 Å². The maximum atomic E-state index is 9.53. The van der Waals surface area contributed by atoms with Crippen LogP contribution in [-0.4, -0.2) is 11.2 Å². The second-order valence-electron chi connectivity index (χ2n) is 3.63. The van der Waals surface area contributed by atoms with Crippen molar-refractivity contribution >= 4 is 0 Å². The Bertz CT molecular complexity index is 278. The molecule has 72 valence electrons. The van der Waals surface area contributed by atoms with E-state index >= 15 is 0 Å². The van der Waals surface area contributed by atoms with Gasteiger partial charge in [-0.2, -0.15) is 0 Å². The molecule has 0 heterocycles. The summed E-state index contributed by atoms with van der Waals surface area (Å²) in [4.78, 5) is 0. The van der Waals surface area contributed by atoms with E-state index in [1.165, 1.54) is 16.7 Å². The van der Waals surface area contributed by atoms with E-state index in [2.05, 4.69) is 32.0 Å². The van der Waals surface area contributed by atoms with Crippen LogP contribution in [0.2, 0.25) is 0 Å². The average molecular weight is 178 g/mol. The molecule has 0 unspecified atom stereocenters. The van der Waals surface area contributed by atoms with E-state index in [1.807, 2.05) is 6.92 Å². The van der Waals surface area contributed by atoms with Crippen molar-refractivity contribution in [3.8, 4) is 0 Å². The van der Waals surface area contributed by atoms with E-state index in [0.29, 0.717) is 0 Å². The maximum Gasteiger partial charge on any atom is 0.0578 e. The average Bonchev–Trinajstić information content (AvgIpc) is 2.13. The molecule has 0 saturated heterocycles. The van der Waals surface area contributed by atoms with Gasteiger partial charge in [-0.15, -0.1) is 0 Å². The van der Waals surface area contributed by atoms with Crippen molar-refractivity contribution in [3.05, 3.63) is 34.9 Å². The molecule has 1 aromatic carbocycles. The van der Waals surface area contributed by atoms with Crippen LogP contribution in [0.1, 0.15) is 30.0 Å². The standard InChI is InChI=1S/C12H18O/c1-4-12(13)8-11-7-5-6-9(2)10(11)3/h5-7,12-13H,4,8H2,1-3H3/t12-/m1/s1. The van der Waals surface area contributed by atoms with Crippen LogP contribution in [-0.2, 0) is 6.42 Å². The highest BCUT2D eigenvalue weighted by molar-refractivity contribution is 5.33.